The lowest BCUT2D eigenvalue weighted by Gasteiger charge is -2.36. The van der Waals surface area contributed by atoms with Crippen LogP contribution in [0.4, 0.5) is 0 Å². The monoisotopic (exact) mass is 881 g/mol. The van der Waals surface area contributed by atoms with E-state index < -0.39 is 71.7 Å². The summed E-state index contributed by atoms with van der Waals surface area (Å²) in [6, 6.07) is 12.9. The second-order valence-corrected chi connectivity index (χ2v) is 17.2. The average molecular weight is 882 g/mol. The van der Waals surface area contributed by atoms with E-state index in [0.717, 1.165) is 19.6 Å². The first-order valence-electron chi connectivity index (χ1n) is 22.2. The maximum Gasteiger partial charge on any atom is 0.246 e. The Morgan fingerprint density at radius 2 is 1.20 bits per heavy atom. The zero-order valence-corrected chi connectivity index (χ0v) is 38.1. The van der Waals surface area contributed by atoms with Crippen LogP contribution >= 0.6 is 0 Å². The van der Waals surface area contributed by atoms with Crippen molar-refractivity contribution in [2.45, 2.75) is 102 Å². The minimum Gasteiger partial charge on any atom is -0.497 e. The lowest BCUT2D eigenvalue weighted by atomic mass is 9.98. The van der Waals surface area contributed by atoms with Crippen LogP contribution in [0.1, 0.15) is 63.1 Å². The molecule has 0 radical (unpaired) electrons. The minimum absolute atomic E-state index is 0.0104. The fourth-order valence-corrected chi connectivity index (χ4v) is 8.43. The Kier molecular flexibility index (Phi) is 15.9. The molecule has 4 aliphatic heterocycles. The molecule has 3 N–H and O–H groups in total. The Hall–Kier alpha value is -6.16. The third-order valence-corrected chi connectivity index (χ3v) is 12.5. The molecule has 0 spiro atoms. The van der Waals surface area contributed by atoms with Crippen LogP contribution in [0.25, 0.3) is 0 Å². The number of likely N-dealkylation sites (N-methyl/N-ethyl adjacent to an activating group) is 3. The van der Waals surface area contributed by atoms with Crippen LogP contribution in [0.2, 0.25) is 0 Å². The second kappa shape index (κ2) is 21.5. The van der Waals surface area contributed by atoms with Gasteiger partial charge in [0.05, 0.1) is 7.11 Å². The van der Waals surface area contributed by atoms with Crippen molar-refractivity contribution in [1.82, 2.24) is 35.6 Å². The van der Waals surface area contributed by atoms with Crippen molar-refractivity contribution >= 4 is 35.4 Å². The van der Waals surface area contributed by atoms with Crippen molar-refractivity contribution in [2.24, 2.45) is 0 Å². The van der Waals surface area contributed by atoms with Gasteiger partial charge in [-0.05, 0) is 99.8 Å². The van der Waals surface area contributed by atoms with E-state index in [0.29, 0.717) is 46.3 Å². The van der Waals surface area contributed by atoms with E-state index in [-0.39, 0.29) is 19.3 Å². The van der Waals surface area contributed by atoms with E-state index >= 15 is 0 Å². The molecule has 6 bridgehead atoms. The number of nitrogens with zero attached hydrogens (tertiary/aromatic N) is 4. The first kappa shape index (κ1) is 47.3. The zero-order chi connectivity index (χ0) is 46.1. The topological polar surface area (TPSA) is 179 Å². The Morgan fingerprint density at radius 1 is 0.625 bits per heavy atom. The second-order valence-electron chi connectivity index (χ2n) is 17.2. The van der Waals surface area contributed by atoms with Gasteiger partial charge in [-0.25, -0.2) is 0 Å². The first-order valence-corrected chi connectivity index (χ1v) is 22.2. The molecule has 0 aromatic heterocycles. The SMILES string of the molecule is COc1ccc(C[C@H]2C(=O)N[C@@H](C)C(=O)N(C)[C@H]3Cc4ccc(cc4)Oc4cc(ccc4OCCN4CCCCCC4)C[C@@H](C(=O)N[C@@H](C)C(=O)N[C@@H](C)C(=O)N2C)N(C)C3=O)cc1. The summed E-state index contributed by atoms with van der Waals surface area (Å²) in [7, 11) is 5.99. The van der Waals surface area contributed by atoms with Crippen molar-refractivity contribution in [3.63, 3.8) is 0 Å². The smallest absolute Gasteiger partial charge is 0.246 e. The number of hydrogen-bond donors (Lipinski definition) is 3. The maximum atomic E-state index is 14.9. The number of carbonyl (C=O) groups is 6. The number of rotatable bonds is 7. The van der Waals surface area contributed by atoms with E-state index in [1.165, 1.54) is 89.4 Å². The summed E-state index contributed by atoms with van der Waals surface area (Å²) in [5.74, 6) is -1.45. The van der Waals surface area contributed by atoms with Crippen molar-refractivity contribution in [3.8, 4) is 23.0 Å². The van der Waals surface area contributed by atoms with Crippen LogP contribution in [0.5, 0.6) is 23.0 Å². The molecule has 64 heavy (non-hydrogen) atoms. The molecule has 4 heterocycles. The number of amides is 6. The van der Waals surface area contributed by atoms with Crippen LogP contribution < -0.4 is 30.2 Å². The van der Waals surface area contributed by atoms with Crippen LogP contribution in [0, 0.1) is 0 Å². The standard InChI is InChI=1S/C48H63N7O9/c1-30-43(56)50-31(2)46(59)52(4)38(26-33-12-17-36(62-7)18-13-33)45(58)51-32(3)47(60)54(6)40-27-34-14-19-37(20-15-34)64-42-29-35(28-39(44(57)49-30)53(5)48(40)61)16-21-41(42)63-25-24-55-22-10-8-9-11-23-55/h12-21,29-32,38-40H,8-11,22-28H2,1-7H3,(H,49,57)(H,50,56)(H,51,58)/t30-,31-,32-,38-,39-,40-/m0/s1. The summed E-state index contributed by atoms with van der Waals surface area (Å²) in [5, 5.41) is 8.25. The molecule has 0 aliphatic carbocycles. The quantitative estimate of drug-likeness (QED) is 0.320. The van der Waals surface area contributed by atoms with E-state index in [1.54, 1.807) is 48.5 Å². The number of fused-ring (bicyclic) bond motifs is 2. The lowest BCUT2D eigenvalue weighted by molar-refractivity contribution is -0.149. The van der Waals surface area contributed by atoms with Crippen LogP contribution in [0.15, 0.2) is 66.7 Å². The number of benzene rings is 3. The van der Waals surface area contributed by atoms with Gasteiger partial charge in [-0.1, -0.05) is 43.2 Å². The number of carbonyl (C=O) groups excluding carboxylic acids is 6. The van der Waals surface area contributed by atoms with Gasteiger partial charge in [0.15, 0.2) is 11.5 Å². The number of methoxy groups -OCH3 is 1. The maximum absolute atomic E-state index is 14.9. The van der Waals surface area contributed by atoms with Gasteiger partial charge in [-0.3, -0.25) is 33.7 Å². The predicted molar refractivity (Wildman–Crippen MR) is 240 cm³/mol. The highest BCUT2D eigenvalue weighted by Crippen LogP contribution is 2.34. The largest absolute Gasteiger partial charge is 0.497 e. The molecule has 6 atom stereocenters. The highest BCUT2D eigenvalue weighted by molar-refractivity contribution is 5.98. The molecule has 16 heteroatoms. The van der Waals surface area contributed by atoms with Gasteiger partial charge in [-0.2, -0.15) is 0 Å². The van der Waals surface area contributed by atoms with Gasteiger partial charge in [0, 0.05) is 47.0 Å². The molecule has 3 aromatic carbocycles. The highest BCUT2D eigenvalue weighted by atomic mass is 16.5. The molecule has 16 nitrogen and oxygen atoms in total. The highest BCUT2D eigenvalue weighted by Gasteiger charge is 2.39. The molecule has 6 amide bonds. The third-order valence-electron chi connectivity index (χ3n) is 12.5. The average Bonchev–Trinajstić information content (AvgIpc) is 3.57. The summed E-state index contributed by atoms with van der Waals surface area (Å²) in [5.41, 5.74) is 2.06. The van der Waals surface area contributed by atoms with Crippen molar-refractivity contribution in [1.29, 1.82) is 0 Å². The predicted octanol–water partition coefficient (Wildman–Crippen LogP) is 3.09. The zero-order valence-electron chi connectivity index (χ0n) is 38.1. The Balaban J connectivity index is 1.35. The van der Waals surface area contributed by atoms with Gasteiger partial charge in [0.2, 0.25) is 35.4 Å². The van der Waals surface area contributed by atoms with Gasteiger partial charge in [0.1, 0.15) is 54.4 Å². The van der Waals surface area contributed by atoms with Crippen LogP contribution in [0.3, 0.4) is 0 Å². The Labute approximate surface area is 375 Å². The summed E-state index contributed by atoms with van der Waals surface area (Å²) >= 11 is 0. The van der Waals surface area contributed by atoms with Gasteiger partial charge < -0.3 is 44.9 Å². The number of nitrogens with one attached hydrogen (secondary N) is 3. The molecular formula is C48H63N7O9. The van der Waals surface area contributed by atoms with Crippen LogP contribution in [-0.4, -0.2) is 146 Å². The van der Waals surface area contributed by atoms with E-state index in [9.17, 15) is 28.8 Å². The molecule has 0 unspecified atom stereocenters. The number of ether oxygens (including phenoxy) is 3. The third kappa shape index (κ3) is 11.7. The lowest BCUT2D eigenvalue weighted by Crippen LogP contribution is -2.61. The van der Waals surface area contributed by atoms with Gasteiger partial charge in [-0.15, -0.1) is 0 Å². The molecule has 0 saturated carbocycles. The first-order chi connectivity index (χ1) is 30.6. The molecule has 2 saturated heterocycles. The van der Waals surface area contributed by atoms with E-state index in [1.807, 2.05) is 18.2 Å². The summed E-state index contributed by atoms with van der Waals surface area (Å²) in [6.45, 7) is 7.80. The van der Waals surface area contributed by atoms with Gasteiger partial charge >= 0.3 is 0 Å². The molecule has 7 rings (SSSR count). The van der Waals surface area contributed by atoms with Gasteiger partial charge in [0.25, 0.3) is 0 Å². The summed E-state index contributed by atoms with van der Waals surface area (Å²) in [4.78, 5) is 91.7. The fourth-order valence-electron chi connectivity index (χ4n) is 8.43. The number of likely N-dealkylation sites (tertiary alicyclic amines) is 1. The fraction of sp³-hybridized carbons (Fsp3) is 0.500. The number of hydrogen-bond acceptors (Lipinski definition) is 10. The van der Waals surface area contributed by atoms with Crippen molar-refractivity contribution < 1.29 is 43.0 Å². The Bertz CT molecular complexity index is 2140. The molecule has 344 valence electrons. The molecular weight excluding hydrogens is 819 g/mol. The van der Waals surface area contributed by atoms with Crippen molar-refractivity contribution in [3.05, 3.63) is 83.4 Å². The normalized spacial score (nSPS) is 24.7. The van der Waals surface area contributed by atoms with E-state index in [2.05, 4.69) is 20.9 Å². The Morgan fingerprint density at radius 3 is 1.86 bits per heavy atom. The summed E-state index contributed by atoms with van der Waals surface area (Å²) in [6.07, 6.45) is 4.96. The van der Waals surface area contributed by atoms with Crippen molar-refractivity contribution in [2.75, 3.05) is 54.5 Å². The van der Waals surface area contributed by atoms with E-state index in [4.69, 9.17) is 14.2 Å². The van der Waals surface area contributed by atoms with Crippen LogP contribution in [-0.2, 0) is 48.0 Å². The molecule has 3 aromatic rings. The molecule has 2 fully saturated rings. The minimum atomic E-state index is -1.17. The summed E-state index contributed by atoms with van der Waals surface area (Å²) < 4.78 is 18.0. The molecule has 4 aliphatic rings.